The van der Waals surface area contributed by atoms with Gasteiger partial charge in [0.2, 0.25) is 10.0 Å². The van der Waals surface area contributed by atoms with Gasteiger partial charge in [-0.15, -0.1) is 0 Å². The molecule has 1 fully saturated rings. The first-order valence-electron chi connectivity index (χ1n) is 7.88. The molecule has 0 aliphatic heterocycles. The number of benzene rings is 1. The molecule has 0 heterocycles. The molecule has 132 valence electrons. The van der Waals surface area contributed by atoms with Crippen molar-refractivity contribution >= 4 is 33.2 Å². The van der Waals surface area contributed by atoms with Crippen LogP contribution in [0.1, 0.15) is 32.6 Å². The average molecular weight is 372 g/mol. The number of hydrazone groups is 1. The molecule has 1 aromatic carbocycles. The van der Waals surface area contributed by atoms with Gasteiger partial charge in [-0.3, -0.25) is 4.79 Å². The molecule has 1 aliphatic rings. The number of hydrogen-bond donors (Lipinski definition) is 1. The maximum absolute atomic E-state index is 12.4. The molecule has 0 aromatic heterocycles. The van der Waals surface area contributed by atoms with E-state index in [-0.39, 0.29) is 11.4 Å². The maximum Gasteiger partial charge on any atom is 0.255 e. The summed E-state index contributed by atoms with van der Waals surface area (Å²) in [6.45, 7) is 1.79. The fraction of sp³-hybridized carbons (Fsp3) is 0.500. The number of nitrogens with zero attached hydrogens (tertiary/aromatic N) is 2. The highest BCUT2D eigenvalue weighted by Crippen LogP contribution is 2.20. The van der Waals surface area contributed by atoms with Crippen LogP contribution >= 0.6 is 11.6 Å². The van der Waals surface area contributed by atoms with Crippen molar-refractivity contribution in [2.24, 2.45) is 11.0 Å². The first-order valence-corrected chi connectivity index (χ1v) is 9.69. The fourth-order valence-corrected chi connectivity index (χ4v) is 3.83. The van der Waals surface area contributed by atoms with E-state index in [1.807, 2.05) is 0 Å². The molecular formula is C16H22ClN3O3S. The minimum Gasteiger partial charge on any atom is -0.272 e. The van der Waals surface area contributed by atoms with E-state index in [9.17, 15) is 13.2 Å². The van der Waals surface area contributed by atoms with Crippen LogP contribution in [-0.4, -0.2) is 37.9 Å². The van der Waals surface area contributed by atoms with Crippen molar-refractivity contribution in [2.45, 2.75) is 37.5 Å². The monoisotopic (exact) mass is 371 g/mol. The van der Waals surface area contributed by atoms with E-state index in [4.69, 9.17) is 11.6 Å². The predicted octanol–water partition coefficient (Wildman–Crippen LogP) is 2.64. The number of nitrogens with one attached hydrogen (secondary N) is 1. The maximum atomic E-state index is 12.4. The second-order valence-corrected chi connectivity index (χ2v) is 8.48. The van der Waals surface area contributed by atoms with Crippen molar-refractivity contribution in [3.05, 3.63) is 29.3 Å². The molecule has 0 radical (unpaired) electrons. The zero-order chi connectivity index (χ0) is 17.7. The van der Waals surface area contributed by atoms with Crippen molar-refractivity contribution in [2.75, 3.05) is 13.6 Å². The number of rotatable bonds is 5. The number of likely N-dealkylation sites (N-methyl/N-ethyl adjacent to an activating group) is 1. The first-order chi connectivity index (χ1) is 11.3. The van der Waals surface area contributed by atoms with Crippen molar-refractivity contribution in [3.8, 4) is 0 Å². The molecule has 0 bridgehead atoms. The molecule has 8 heteroatoms. The smallest absolute Gasteiger partial charge is 0.255 e. The normalized spacial score (nSPS) is 20.3. The van der Waals surface area contributed by atoms with Crippen LogP contribution in [0, 0.1) is 5.92 Å². The van der Waals surface area contributed by atoms with Crippen LogP contribution in [0.25, 0.3) is 0 Å². The highest BCUT2D eigenvalue weighted by molar-refractivity contribution is 7.89. The zero-order valence-corrected chi connectivity index (χ0v) is 15.4. The molecule has 1 aromatic rings. The van der Waals surface area contributed by atoms with Crippen LogP contribution in [0.3, 0.4) is 0 Å². The van der Waals surface area contributed by atoms with Gasteiger partial charge < -0.3 is 0 Å². The summed E-state index contributed by atoms with van der Waals surface area (Å²) in [6.07, 6.45) is 4.19. The van der Waals surface area contributed by atoms with Crippen LogP contribution in [-0.2, 0) is 14.8 Å². The van der Waals surface area contributed by atoms with Gasteiger partial charge in [0, 0.05) is 17.8 Å². The third-order valence-corrected chi connectivity index (χ3v) is 6.17. The number of sulfonamides is 1. The number of amides is 1. The Labute approximate surface area is 147 Å². The van der Waals surface area contributed by atoms with Gasteiger partial charge in [-0.05, 0) is 49.4 Å². The molecule has 6 nitrogen and oxygen atoms in total. The van der Waals surface area contributed by atoms with E-state index in [1.54, 1.807) is 0 Å². The minimum atomic E-state index is -3.74. The van der Waals surface area contributed by atoms with Crippen LogP contribution in [0.5, 0.6) is 0 Å². The Balaban J connectivity index is 1.97. The second kappa shape index (κ2) is 8.09. The van der Waals surface area contributed by atoms with Crippen molar-refractivity contribution in [1.29, 1.82) is 0 Å². The van der Waals surface area contributed by atoms with Gasteiger partial charge in [-0.25, -0.2) is 13.8 Å². The summed E-state index contributed by atoms with van der Waals surface area (Å²) >= 11 is 5.77. The third kappa shape index (κ3) is 4.78. The lowest BCUT2D eigenvalue weighted by Crippen LogP contribution is -2.37. The van der Waals surface area contributed by atoms with Crippen LogP contribution in [0.4, 0.5) is 0 Å². The van der Waals surface area contributed by atoms with Crippen molar-refractivity contribution in [1.82, 2.24) is 9.73 Å². The molecule has 2 rings (SSSR count). The van der Waals surface area contributed by atoms with E-state index >= 15 is 0 Å². The van der Waals surface area contributed by atoms with Crippen LogP contribution in [0.15, 0.2) is 34.3 Å². The van der Waals surface area contributed by atoms with E-state index < -0.39 is 15.9 Å². The van der Waals surface area contributed by atoms with Gasteiger partial charge in [0.1, 0.15) is 0 Å². The SMILES string of the molecule is C[C@@H]1CCCC/C1=N/NC(=O)CN(C)S(=O)(=O)c1ccc(Cl)cc1. The summed E-state index contributed by atoms with van der Waals surface area (Å²) in [4.78, 5) is 12.1. The first kappa shape index (κ1) is 18.9. The van der Waals surface area contributed by atoms with E-state index in [0.29, 0.717) is 10.9 Å². The standard InChI is InChI=1S/C16H22ClN3O3S/c1-12-5-3-4-6-15(12)18-19-16(21)11-20(2)24(22,23)14-9-7-13(17)8-10-14/h7-10,12H,3-6,11H2,1-2H3,(H,19,21)/b18-15-/t12-/m1/s1. The van der Waals surface area contributed by atoms with Gasteiger partial charge in [0.15, 0.2) is 0 Å². The van der Waals surface area contributed by atoms with Gasteiger partial charge in [0.25, 0.3) is 5.91 Å². The van der Waals surface area contributed by atoms with E-state index in [0.717, 1.165) is 29.3 Å². The molecule has 1 N–H and O–H groups in total. The van der Waals surface area contributed by atoms with Crippen LogP contribution < -0.4 is 5.43 Å². The molecule has 1 aliphatic carbocycles. The van der Waals surface area contributed by atoms with Crippen molar-refractivity contribution in [3.63, 3.8) is 0 Å². The predicted molar refractivity (Wildman–Crippen MR) is 94.5 cm³/mol. The quantitative estimate of drug-likeness (QED) is 0.808. The minimum absolute atomic E-state index is 0.0921. The Morgan fingerprint density at radius 1 is 1.33 bits per heavy atom. The summed E-state index contributed by atoms with van der Waals surface area (Å²) in [5.41, 5.74) is 3.44. The molecule has 1 saturated carbocycles. The summed E-state index contributed by atoms with van der Waals surface area (Å²) in [5.74, 6) is -0.102. The highest BCUT2D eigenvalue weighted by Gasteiger charge is 2.23. The lowest BCUT2D eigenvalue weighted by Gasteiger charge is -2.20. The van der Waals surface area contributed by atoms with E-state index in [2.05, 4.69) is 17.5 Å². The topological polar surface area (TPSA) is 78.8 Å². The highest BCUT2D eigenvalue weighted by atomic mass is 35.5. The Hall–Kier alpha value is -1.44. The van der Waals surface area contributed by atoms with E-state index in [1.165, 1.54) is 37.7 Å². The number of hydrogen-bond acceptors (Lipinski definition) is 4. The van der Waals surface area contributed by atoms with Gasteiger partial charge in [-0.1, -0.05) is 24.9 Å². The Morgan fingerprint density at radius 2 is 2.00 bits per heavy atom. The largest absolute Gasteiger partial charge is 0.272 e. The van der Waals surface area contributed by atoms with Crippen molar-refractivity contribution < 1.29 is 13.2 Å². The average Bonchev–Trinajstić information content (AvgIpc) is 2.54. The number of halogens is 1. The number of carbonyl (C=O) groups excluding carboxylic acids is 1. The molecule has 1 atom stereocenters. The molecule has 24 heavy (non-hydrogen) atoms. The zero-order valence-electron chi connectivity index (χ0n) is 13.8. The Morgan fingerprint density at radius 3 is 2.62 bits per heavy atom. The summed E-state index contributed by atoms with van der Waals surface area (Å²) in [6, 6.07) is 5.82. The summed E-state index contributed by atoms with van der Waals surface area (Å²) in [7, 11) is -2.38. The third-order valence-electron chi connectivity index (χ3n) is 4.10. The van der Waals surface area contributed by atoms with Gasteiger partial charge >= 0.3 is 0 Å². The molecule has 0 unspecified atom stereocenters. The van der Waals surface area contributed by atoms with Gasteiger partial charge in [-0.2, -0.15) is 9.41 Å². The number of carbonyl (C=O) groups is 1. The molecule has 0 spiro atoms. The Bertz CT molecular complexity index is 717. The molecule has 0 saturated heterocycles. The molecule has 1 amide bonds. The fourth-order valence-electron chi connectivity index (χ4n) is 2.58. The summed E-state index contributed by atoms with van der Waals surface area (Å²) < 4.78 is 25.8. The second-order valence-electron chi connectivity index (χ2n) is 6.00. The van der Waals surface area contributed by atoms with Crippen LogP contribution in [0.2, 0.25) is 5.02 Å². The van der Waals surface area contributed by atoms with Gasteiger partial charge in [0.05, 0.1) is 11.4 Å². The lowest BCUT2D eigenvalue weighted by atomic mass is 9.89. The summed E-state index contributed by atoms with van der Waals surface area (Å²) in [5, 5.41) is 4.61. The Kier molecular flexibility index (Phi) is 6.37. The lowest BCUT2D eigenvalue weighted by molar-refractivity contribution is -0.121. The molecular weight excluding hydrogens is 350 g/mol.